The summed E-state index contributed by atoms with van der Waals surface area (Å²) in [5.41, 5.74) is 0.691. The Morgan fingerprint density at radius 2 is 1.96 bits per heavy atom. The second-order valence-electron chi connectivity index (χ2n) is 6.55. The van der Waals surface area contributed by atoms with E-state index in [1.165, 1.54) is 6.07 Å². The monoisotopic (exact) mass is 354 g/mol. The van der Waals surface area contributed by atoms with Gasteiger partial charge in [-0.05, 0) is 49.4 Å². The van der Waals surface area contributed by atoms with Gasteiger partial charge in [-0.1, -0.05) is 13.8 Å². The van der Waals surface area contributed by atoms with Crippen molar-refractivity contribution in [3.05, 3.63) is 23.8 Å². The van der Waals surface area contributed by atoms with Crippen LogP contribution in [0.15, 0.2) is 23.1 Å². The van der Waals surface area contributed by atoms with Gasteiger partial charge in [-0.25, -0.2) is 13.1 Å². The second kappa shape index (κ2) is 7.98. The number of benzene rings is 1. The van der Waals surface area contributed by atoms with E-state index in [1.807, 2.05) is 13.8 Å². The molecule has 1 aromatic carbocycles. The van der Waals surface area contributed by atoms with Crippen LogP contribution in [0.25, 0.3) is 0 Å². The minimum atomic E-state index is -3.52. The Kier molecular flexibility index (Phi) is 6.23. The van der Waals surface area contributed by atoms with Gasteiger partial charge in [0.1, 0.15) is 5.75 Å². The molecular formula is C17H26N2O4S. The average molecular weight is 354 g/mol. The van der Waals surface area contributed by atoms with Gasteiger partial charge in [0.15, 0.2) is 6.61 Å². The van der Waals surface area contributed by atoms with Crippen LogP contribution in [-0.4, -0.2) is 45.5 Å². The first-order valence-corrected chi connectivity index (χ1v) is 9.79. The number of hydrogen-bond acceptors (Lipinski definition) is 4. The van der Waals surface area contributed by atoms with E-state index in [4.69, 9.17) is 4.74 Å². The number of rotatable bonds is 7. The van der Waals surface area contributed by atoms with Crippen LogP contribution >= 0.6 is 0 Å². The van der Waals surface area contributed by atoms with Crippen molar-refractivity contribution < 1.29 is 17.9 Å². The number of sulfonamides is 1. The van der Waals surface area contributed by atoms with Crippen molar-refractivity contribution in [2.45, 2.75) is 38.5 Å². The lowest BCUT2D eigenvalue weighted by Crippen LogP contribution is -2.32. The Bertz CT molecular complexity index is 680. The molecule has 1 amide bonds. The molecule has 7 heteroatoms. The molecule has 0 radical (unpaired) electrons. The summed E-state index contributed by atoms with van der Waals surface area (Å²) in [5.74, 6) is 0.743. The van der Waals surface area contributed by atoms with Crippen molar-refractivity contribution in [1.29, 1.82) is 0 Å². The van der Waals surface area contributed by atoms with Crippen molar-refractivity contribution in [2.75, 3.05) is 26.2 Å². The largest absolute Gasteiger partial charge is 0.483 e. The standard InChI is InChI=1S/C17H26N2O4S/c1-13(2)11-18-24(21,22)15-6-7-16(14(3)10-15)23-12-17(20)19-8-4-5-9-19/h6-7,10,13,18H,4-5,8-9,11-12H2,1-3H3. The molecule has 0 atom stereocenters. The zero-order valence-electron chi connectivity index (χ0n) is 14.5. The van der Waals surface area contributed by atoms with Gasteiger partial charge in [0, 0.05) is 19.6 Å². The number of carbonyl (C=O) groups excluding carboxylic acids is 1. The van der Waals surface area contributed by atoms with Crippen LogP contribution in [0.1, 0.15) is 32.3 Å². The predicted molar refractivity (Wildman–Crippen MR) is 92.5 cm³/mol. The molecule has 0 saturated carbocycles. The molecule has 1 heterocycles. The fourth-order valence-corrected chi connectivity index (χ4v) is 3.81. The van der Waals surface area contributed by atoms with E-state index >= 15 is 0 Å². The molecular weight excluding hydrogens is 328 g/mol. The summed E-state index contributed by atoms with van der Waals surface area (Å²) < 4.78 is 32.6. The Labute approximate surface area is 144 Å². The molecule has 1 N–H and O–H groups in total. The number of likely N-dealkylation sites (tertiary alicyclic amines) is 1. The summed E-state index contributed by atoms with van der Waals surface area (Å²) in [7, 11) is -3.52. The van der Waals surface area contributed by atoms with Gasteiger partial charge >= 0.3 is 0 Å². The summed E-state index contributed by atoms with van der Waals surface area (Å²) in [5, 5.41) is 0. The normalized spacial score (nSPS) is 15.1. The smallest absolute Gasteiger partial charge is 0.260 e. The molecule has 0 spiro atoms. The molecule has 1 aliphatic rings. The Morgan fingerprint density at radius 1 is 1.29 bits per heavy atom. The number of amides is 1. The summed E-state index contributed by atoms with van der Waals surface area (Å²) >= 11 is 0. The van der Waals surface area contributed by atoms with E-state index in [9.17, 15) is 13.2 Å². The SMILES string of the molecule is Cc1cc(S(=O)(=O)NCC(C)C)ccc1OCC(=O)N1CCCC1. The first kappa shape index (κ1) is 18.7. The third-order valence-corrected chi connectivity index (χ3v) is 5.37. The summed E-state index contributed by atoms with van der Waals surface area (Å²) in [6.07, 6.45) is 2.08. The minimum Gasteiger partial charge on any atom is -0.483 e. The zero-order chi connectivity index (χ0) is 17.7. The third kappa shape index (κ3) is 4.95. The lowest BCUT2D eigenvalue weighted by molar-refractivity contribution is -0.132. The molecule has 0 aliphatic carbocycles. The molecule has 6 nitrogen and oxygen atoms in total. The highest BCUT2D eigenvalue weighted by Crippen LogP contribution is 2.22. The predicted octanol–water partition coefficient (Wildman–Crippen LogP) is 1.93. The van der Waals surface area contributed by atoms with Gasteiger partial charge in [-0.15, -0.1) is 0 Å². The lowest BCUT2D eigenvalue weighted by Gasteiger charge is -2.16. The lowest BCUT2D eigenvalue weighted by atomic mass is 10.2. The molecule has 24 heavy (non-hydrogen) atoms. The van der Waals surface area contributed by atoms with E-state index in [0.29, 0.717) is 17.9 Å². The highest BCUT2D eigenvalue weighted by atomic mass is 32.2. The molecule has 1 aliphatic heterocycles. The van der Waals surface area contributed by atoms with E-state index in [1.54, 1.807) is 24.0 Å². The molecule has 134 valence electrons. The maximum Gasteiger partial charge on any atom is 0.260 e. The molecule has 2 rings (SSSR count). The molecule has 1 aromatic rings. The maximum atomic E-state index is 12.2. The number of nitrogens with zero attached hydrogens (tertiary/aromatic N) is 1. The highest BCUT2D eigenvalue weighted by molar-refractivity contribution is 7.89. The zero-order valence-corrected chi connectivity index (χ0v) is 15.4. The summed E-state index contributed by atoms with van der Waals surface area (Å²) in [6.45, 7) is 7.63. The van der Waals surface area contributed by atoms with Gasteiger partial charge < -0.3 is 9.64 Å². The number of aryl methyl sites for hydroxylation is 1. The van der Waals surface area contributed by atoms with Gasteiger partial charge in [0.2, 0.25) is 10.0 Å². The molecule has 0 unspecified atom stereocenters. The van der Waals surface area contributed by atoms with E-state index < -0.39 is 10.0 Å². The van der Waals surface area contributed by atoms with Crippen molar-refractivity contribution in [3.8, 4) is 5.75 Å². The van der Waals surface area contributed by atoms with Crippen molar-refractivity contribution in [3.63, 3.8) is 0 Å². The van der Waals surface area contributed by atoms with Crippen LogP contribution in [0.2, 0.25) is 0 Å². The molecule has 1 saturated heterocycles. The summed E-state index contributed by atoms with van der Waals surface area (Å²) in [6, 6.07) is 4.68. The fraction of sp³-hybridized carbons (Fsp3) is 0.588. The van der Waals surface area contributed by atoms with Gasteiger partial charge in [-0.3, -0.25) is 4.79 Å². The Balaban J connectivity index is 2.00. The Morgan fingerprint density at radius 3 is 2.54 bits per heavy atom. The van der Waals surface area contributed by atoms with Crippen LogP contribution in [0.4, 0.5) is 0 Å². The van der Waals surface area contributed by atoms with Crippen LogP contribution in [0, 0.1) is 12.8 Å². The number of nitrogens with one attached hydrogen (secondary N) is 1. The van der Waals surface area contributed by atoms with Crippen LogP contribution in [0.3, 0.4) is 0 Å². The van der Waals surface area contributed by atoms with Crippen LogP contribution < -0.4 is 9.46 Å². The summed E-state index contributed by atoms with van der Waals surface area (Å²) in [4.78, 5) is 14.0. The van der Waals surface area contributed by atoms with E-state index in [2.05, 4.69) is 4.72 Å². The van der Waals surface area contributed by atoms with Gasteiger partial charge in [-0.2, -0.15) is 0 Å². The maximum absolute atomic E-state index is 12.2. The fourth-order valence-electron chi connectivity index (χ4n) is 2.51. The quantitative estimate of drug-likeness (QED) is 0.812. The average Bonchev–Trinajstić information content (AvgIpc) is 3.06. The number of ether oxygens (including phenoxy) is 1. The van der Waals surface area contributed by atoms with E-state index in [0.717, 1.165) is 25.9 Å². The minimum absolute atomic E-state index is 0.0153. The van der Waals surface area contributed by atoms with E-state index in [-0.39, 0.29) is 23.3 Å². The molecule has 1 fully saturated rings. The van der Waals surface area contributed by atoms with Crippen LogP contribution in [0.5, 0.6) is 5.75 Å². The first-order valence-electron chi connectivity index (χ1n) is 8.30. The van der Waals surface area contributed by atoms with Crippen LogP contribution in [-0.2, 0) is 14.8 Å². The van der Waals surface area contributed by atoms with Crippen molar-refractivity contribution in [1.82, 2.24) is 9.62 Å². The molecule has 0 bridgehead atoms. The van der Waals surface area contributed by atoms with Gasteiger partial charge in [0.05, 0.1) is 4.90 Å². The van der Waals surface area contributed by atoms with Gasteiger partial charge in [0.25, 0.3) is 5.91 Å². The Hall–Kier alpha value is -1.60. The van der Waals surface area contributed by atoms with Crippen molar-refractivity contribution >= 4 is 15.9 Å². The second-order valence-corrected chi connectivity index (χ2v) is 8.32. The first-order chi connectivity index (χ1) is 11.3. The molecule has 0 aromatic heterocycles. The number of carbonyl (C=O) groups is 1. The highest BCUT2D eigenvalue weighted by Gasteiger charge is 2.19. The number of hydrogen-bond donors (Lipinski definition) is 1. The van der Waals surface area contributed by atoms with Crippen molar-refractivity contribution in [2.24, 2.45) is 5.92 Å². The topological polar surface area (TPSA) is 75.7 Å². The third-order valence-electron chi connectivity index (χ3n) is 3.95.